The first-order chi connectivity index (χ1) is 8.91. The van der Waals surface area contributed by atoms with Crippen molar-refractivity contribution in [3.05, 3.63) is 34.4 Å². The third-order valence-electron chi connectivity index (χ3n) is 5.18. The van der Waals surface area contributed by atoms with Gasteiger partial charge in [-0.15, -0.1) is 0 Å². The van der Waals surface area contributed by atoms with E-state index in [0.717, 1.165) is 12.8 Å². The summed E-state index contributed by atoms with van der Waals surface area (Å²) in [7, 11) is 0. The molecular weight excluding hydrogens is 236 g/mol. The summed E-state index contributed by atoms with van der Waals surface area (Å²) in [5.41, 5.74) is 4.53. The minimum absolute atomic E-state index is 0.488. The van der Waals surface area contributed by atoms with Crippen molar-refractivity contribution in [2.24, 2.45) is 17.3 Å². The number of hydrogen-bond donors (Lipinski definition) is 1. The van der Waals surface area contributed by atoms with Gasteiger partial charge in [-0.05, 0) is 75.0 Å². The van der Waals surface area contributed by atoms with Crippen molar-refractivity contribution in [1.29, 1.82) is 0 Å². The quantitative estimate of drug-likeness (QED) is 0.898. The smallest absolute Gasteiger partial charge is 0.309 e. The lowest BCUT2D eigenvalue weighted by molar-refractivity contribution is -0.149. The van der Waals surface area contributed by atoms with E-state index in [4.69, 9.17) is 0 Å². The van der Waals surface area contributed by atoms with Crippen LogP contribution >= 0.6 is 0 Å². The summed E-state index contributed by atoms with van der Waals surface area (Å²) >= 11 is 0. The summed E-state index contributed by atoms with van der Waals surface area (Å²) < 4.78 is 0. The molecule has 2 aliphatic rings. The summed E-state index contributed by atoms with van der Waals surface area (Å²) in [6.07, 6.45) is 3.76. The molecule has 0 aliphatic heterocycles. The first kappa shape index (κ1) is 12.7. The molecule has 0 spiro atoms. The Balaban J connectivity index is 1.93. The Labute approximate surface area is 114 Å². The molecule has 2 heteroatoms. The third kappa shape index (κ3) is 2.07. The SMILES string of the molecule is Cc1cc(C)c(CC2(C(=O)O)CC3CC3C2)c(C)c1. The number of aliphatic carboxylic acids is 1. The monoisotopic (exact) mass is 258 g/mol. The molecule has 0 heterocycles. The van der Waals surface area contributed by atoms with Crippen LogP contribution in [0.3, 0.4) is 0 Å². The van der Waals surface area contributed by atoms with Crippen molar-refractivity contribution in [3.8, 4) is 0 Å². The summed E-state index contributed by atoms with van der Waals surface area (Å²) in [5.74, 6) is 0.809. The molecule has 102 valence electrons. The highest BCUT2D eigenvalue weighted by atomic mass is 16.4. The zero-order chi connectivity index (χ0) is 13.8. The number of carboxylic acids is 1. The van der Waals surface area contributed by atoms with Gasteiger partial charge in [-0.25, -0.2) is 0 Å². The Morgan fingerprint density at radius 1 is 1.21 bits per heavy atom. The van der Waals surface area contributed by atoms with Gasteiger partial charge in [0, 0.05) is 0 Å². The zero-order valence-corrected chi connectivity index (χ0v) is 12.0. The number of hydrogen-bond acceptors (Lipinski definition) is 1. The lowest BCUT2D eigenvalue weighted by Crippen LogP contribution is -2.32. The van der Waals surface area contributed by atoms with E-state index >= 15 is 0 Å². The van der Waals surface area contributed by atoms with Crippen LogP contribution in [0.4, 0.5) is 0 Å². The van der Waals surface area contributed by atoms with Crippen molar-refractivity contribution >= 4 is 5.97 Å². The third-order valence-corrected chi connectivity index (χ3v) is 5.18. The van der Waals surface area contributed by atoms with Gasteiger partial charge >= 0.3 is 5.97 Å². The van der Waals surface area contributed by atoms with Gasteiger partial charge in [0.25, 0.3) is 0 Å². The fourth-order valence-electron chi connectivity index (χ4n) is 4.12. The van der Waals surface area contributed by atoms with Crippen LogP contribution in [0.1, 0.15) is 41.5 Å². The second kappa shape index (κ2) is 4.09. The fraction of sp³-hybridized carbons (Fsp3) is 0.588. The van der Waals surface area contributed by atoms with Gasteiger partial charge in [-0.2, -0.15) is 0 Å². The maximum absolute atomic E-state index is 11.8. The molecule has 2 saturated carbocycles. The predicted octanol–water partition coefficient (Wildman–Crippen LogP) is 3.66. The van der Waals surface area contributed by atoms with Gasteiger partial charge < -0.3 is 5.11 Å². The van der Waals surface area contributed by atoms with Crippen molar-refractivity contribution in [2.75, 3.05) is 0 Å². The molecule has 1 N–H and O–H groups in total. The first-order valence-electron chi connectivity index (χ1n) is 7.21. The molecule has 2 nitrogen and oxygen atoms in total. The van der Waals surface area contributed by atoms with Gasteiger partial charge in [0.1, 0.15) is 0 Å². The average molecular weight is 258 g/mol. The van der Waals surface area contributed by atoms with Gasteiger partial charge in [0.15, 0.2) is 0 Å². The Morgan fingerprint density at radius 2 is 1.74 bits per heavy atom. The molecule has 2 fully saturated rings. The van der Waals surface area contributed by atoms with Crippen molar-refractivity contribution in [2.45, 2.75) is 46.5 Å². The van der Waals surface area contributed by atoms with Crippen LogP contribution in [-0.2, 0) is 11.2 Å². The highest BCUT2D eigenvalue weighted by molar-refractivity contribution is 5.76. The Morgan fingerprint density at radius 3 is 2.21 bits per heavy atom. The molecule has 2 atom stereocenters. The predicted molar refractivity (Wildman–Crippen MR) is 75.3 cm³/mol. The molecule has 0 aromatic heterocycles. The van der Waals surface area contributed by atoms with E-state index in [1.54, 1.807) is 0 Å². The van der Waals surface area contributed by atoms with Gasteiger partial charge in [-0.1, -0.05) is 17.7 Å². The van der Waals surface area contributed by atoms with Crippen LogP contribution in [0.15, 0.2) is 12.1 Å². The van der Waals surface area contributed by atoms with Crippen LogP contribution in [0, 0.1) is 38.0 Å². The molecule has 3 rings (SSSR count). The molecule has 2 aliphatic carbocycles. The van der Waals surface area contributed by atoms with Gasteiger partial charge in [0.2, 0.25) is 0 Å². The van der Waals surface area contributed by atoms with Crippen LogP contribution in [0.5, 0.6) is 0 Å². The number of rotatable bonds is 3. The zero-order valence-electron chi connectivity index (χ0n) is 12.0. The van der Waals surface area contributed by atoms with E-state index < -0.39 is 11.4 Å². The molecule has 0 amide bonds. The maximum Gasteiger partial charge on any atom is 0.309 e. The highest BCUT2D eigenvalue weighted by Crippen LogP contribution is 2.61. The number of benzene rings is 1. The number of aryl methyl sites for hydroxylation is 3. The largest absolute Gasteiger partial charge is 0.481 e. The van der Waals surface area contributed by atoms with E-state index in [0.29, 0.717) is 18.3 Å². The molecule has 19 heavy (non-hydrogen) atoms. The van der Waals surface area contributed by atoms with E-state index in [1.807, 2.05) is 0 Å². The molecular formula is C17H22O2. The van der Waals surface area contributed by atoms with E-state index in [2.05, 4.69) is 32.9 Å². The molecule has 1 aromatic carbocycles. The van der Waals surface area contributed by atoms with E-state index in [-0.39, 0.29) is 0 Å². The topological polar surface area (TPSA) is 37.3 Å². The van der Waals surface area contributed by atoms with Crippen molar-refractivity contribution in [1.82, 2.24) is 0 Å². The van der Waals surface area contributed by atoms with E-state index in [9.17, 15) is 9.90 Å². The number of carbonyl (C=O) groups is 1. The Hall–Kier alpha value is -1.31. The molecule has 1 aromatic rings. The fourth-order valence-corrected chi connectivity index (χ4v) is 4.12. The molecule has 2 unspecified atom stereocenters. The minimum atomic E-state index is -0.584. The maximum atomic E-state index is 11.8. The van der Waals surface area contributed by atoms with Crippen molar-refractivity contribution in [3.63, 3.8) is 0 Å². The van der Waals surface area contributed by atoms with Gasteiger partial charge in [-0.3, -0.25) is 4.79 Å². The second-order valence-electron chi connectivity index (χ2n) is 6.80. The molecule has 0 radical (unpaired) electrons. The van der Waals surface area contributed by atoms with Crippen molar-refractivity contribution < 1.29 is 9.90 Å². The first-order valence-corrected chi connectivity index (χ1v) is 7.21. The van der Waals surface area contributed by atoms with Gasteiger partial charge in [0.05, 0.1) is 5.41 Å². The summed E-state index contributed by atoms with van der Waals surface area (Å²) in [5, 5.41) is 9.70. The number of fused-ring (bicyclic) bond motifs is 1. The molecule has 0 bridgehead atoms. The number of carboxylic acid groups (broad SMARTS) is 1. The standard InChI is InChI=1S/C17H22O2/c1-10-4-11(2)15(12(3)5-10)9-17(16(18)19)7-13-6-14(13)8-17/h4-5,13-14H,6-9H2,1-3H3,(H,18,19). The Kier molecular flexibility index (Phi) is 2.74. The van der Waals surface area contributed by atoms with Crippen LogP contribution < -0.4 is 0 Å². The summed E-state index contributed by atoms with van der Waals surface area (Å²) in [6.45, 7) is 6.32. The van der Waals surface area contributed by atoms with Crippen LogP contribution in [0.25, 0.3) is 0 Å². The normalized spacial score (nSPS) is 32.2. The van der Waals surface area contributed by atoms with Crippen LogP contribution in [0.2, 0.25) is 0 Å². The second-order valence-corrected chi connectivity index (χ2v) is 6.80. The lowest BCUT2D eigenvalue weighted by atomic mass is 9.75. The molecule has 0 saturated heterocycles. The minimum Gasteiger partial charge on any atom is -0.481 e. The average Bonchev–Trinajstić information content (AvgIpc) is 2.92. The highest BCUT2D eigenvalue weighted by Gasteiger charge is 2.57. The van der Waals surface area contributed by atoms with E-state index in [1.165, 1.54) is 28.7 Å². The summed E-state index contributed by atoms with van der Waals surface area (Å²) in [4.78, 5) is 11.8. The Bertz CT molecular complexity index is 511. The summed E-state index contributed by atoms with van der Waals surface area (Å²) in [6, 6.07) is 4.35. The lowest BCUT2D eigenvalue weighted by Gasteiger charge is -2.28. The van der Waals surface area contributed by atoms with Crippen LogP contribution in [-0.4, -0.2) is 11.1 Å².